The Labute approximate surface area is 170 Å². The van der Waals surface area contributed by atoms with Gasteiger partial charge in [0.1, 0.15) is 11.1 Å². The minimum Gasteiger partial charge on any atom is -0.448 e. The molecule has 3 rings (SSSR count). The van der Waals surface area contributed by atoms with Gasteiger partial charge in [0.2, 0.25) is 0 Å². The number of nitrogens with zero attached hydrogens (tertiary/aromatic N) is 2. The summed E-state index contributed by atoms with van der Waals surface area (Å²) in [5.41, 5.74) is 1.62. The van der Waals surface area contributed by atoms with Gasteiger partial charge in [0.05, 0.1) is 11.3 Å². The van der Waals surface area contributed by atoms with Crippen LogP contribution in [0, 0.1) is 11.3 Å². The molecule has 0 spiro atoms. The molecule has 0 saturated heterocycles. The number of carbonyl (C=O) groups excluding carboxylic acids is 2. The van der Waals surface area contributed by atoms with E-state index in [1.54, 1.807) is 53.9 Å². The third-order valence-electron chi connectivity index (χ3n) is 3.76. The Hall–Kier alpha value is -3.21. The number of para-hydroxylation sites is 1. The van der Waals surface area contributed by atoms with Gasteiger partial charge in [-0.15, -0.1) is 11.3 Å². The number of amides is 1. The number of hydrogen-bond donors (Lipinski definition) is 1. The molecule has 1 unspecified atom stereocenters. The first-order valence-corrected chi connectivity index (χ1v) is 9.46. The predicted octanol–water partition coefficient (Wildman–Crippen LogP) is 4.52. The van der Waals surface area contributed by atoms with Gasteiger partial charge >= 0.3 is 5.97 Å². The summed E-state index contributed by atoms with van der Waals surface area (Å²) in [6.07, 6.45) is -1.06. The zero-order valence-corrected chi connectivity index (χ0v) is 16.3. The fraction of sp³-hybridized carbons (Fsp3) is 0.100. The third-order valence-corrected chi connectivity index (χ3v) is 4.91. The summed E-state index contributed by atoms with van der Waals surface area (Å²) >= 11 is 7.16. The van der Waals surface area contributed by atoms with E-state index < -0.39 is 18.0 Å². The van der Waals surface area contributed by atoms with Gasteiger partial charge in [0, 0.05) is 16.0 Å². The van der Waals surface area contributed by atoms with Crippen molar-refractivity contribution in [1.29, 1.82) is 5.26 Å². The lowest BCUT2D eigenvalue weighted by Crippen LogP contribution is -2.30. The number of esters is 1. The van der Waals surface area contributed by atoms with Crippen molar-refractivity contribution in [2.24, 2.45) is 0 Å². The smallest absolute Gasteiger partial charge is 0.358 e. The minimum atomic E-state index is -1.06. The second-order valence-corrected chi connectivity index (χ2v) is 7.03. The number of hydrogen-bond acceptors (Lipinski definition) is 6. The van der Waals surface area contributed by atoms with Crippen molar-refractivity contribution in [1.82, 2.24) is 4.98 Å². The van der Waals surface area contributed by atoms with E-state index in [1.807, 2.05) is 6.07 Å². The molecule has 1 amide bonds. The van der Waals surface area contributed by atoms with Crippen molar-refractivity contribution in [3.8, 4) is 16.6 Å². The molecule has 0 bridgehead atoms. The van der Waals surface area contributed by atoms with E-state index >= 15 is 0 Å². The highest BCUT2D eigenvalue weighted by atomic mass is 35.5. The molecular formula is C20H14ClN3O3S. The molecule has 1 aromatic heterocycles. The lowest BCUT2D eigenvalue weighted by Gasteiger charge is -2.13. The van der Waals surface area contributed by atoms with Gasteiger partial charge < -0.3 is 10.1 Å². The van der Waals surface area contributed by atoms with Crippen LogP contribution in [-0.4, -0.2) is 23.0 Å². The molecule has 2 aromatic carbocycles. The minimum absolute atomic E-state index is 0.118. The quantitative estimate of drug-likeness (QED) is 0.623. The van der Waals surface area contributed by atoms with Crippen LogP contribution in [0.2, 0.25) is 5.02 Å². The van der Waals surface area contributed by atoms with Crippen LogP contribution in [0.4, 0.5) is 5.69 Å². The van der Waals surface area contributed by atoms with Crippen molar-refractivity contribution < 1.29 is 14.3 Å². The molecule has 1 atom stereocenters. The lowest BCUT2D eigenvalue weighted by molar-refractivity contribution is -0.123. The van der Waals surface area contributed by atoms with Crippen molar-refractivity contribution >= 4 is 40.5 Å². The number of halogens is 1. The molecule has 0 aliphatic heterocycles. The third kappa shape index (κ3) is 4.55. The van der Waals surface area contributed by atoms with Crippen molar-refractivity contribution in [3.05, 3.63) is 70.2 Å². The molecule has 1 N–H and O–H groups in total. The van der Waals surface area contributed by atoms with Crippen molar-refractivity contribution in [2.75, 3.05) is 5.32 Å². The number of rotatable bonds is 5. The predicted molar refractivity (Wildman–Crippen MR) is 107 cm³/mol. The number of thiazole rings is 1. The van der Waals surface area contributed by atoms with Crippen LogP contribution in [-0.2, 0) is 9.53 Å². The van der Waals surface area contributed by atoms with E-state index in [1.165, 1.54) is 18.3 Å². The molecule has 0 fully saturated rings. The summed E-state index contributed by atoms with van der Waals surface area (Å²) in [7, 11) is 0. The first kappa shape index (κ1) is 19.5. The number of carbonyl (C=O) groups is 2. The van der Waals surface area contributed by atoms with Crippen molar-refractivity contribution in [3.63, 3.8) is 0 Å². The fourth-order valence-electron chi connectivity index (χ4n) is 2.29. The Bertz CT molecular complexity index is 1060. The molecule has 8 heteroatoms. The van der Waals surface area contributed by atoms with Crippen LogP contribution < -0.4 is 5.32 Å². The number of nitriles is 1. The highest BCUT2D eigenvalue weighted by molar-refractivity contribution is 7.13. The summed E-state index contributed by atoms with van der Waals surface area (Å²) in [6.45, 7) is 1.45. The van der Waals surface area contributed by atoms with Crippen LogP contribution in [0.15, 0.2) is 53.9 Å². The van der Waals surface area contributed by atoms with E-state index in [0.717, 1.165) is 5.56 Å². The molecule has 0 aliphatic carbocycles. The molecular weight excluding hydrogens is 398 g/mol. The van der Waals surface area contributed by atoms with Gasteiger partial charge in [-0.2, -0.15) is 5.26 Å². The average molecular weight is 412 g/mol. The van der Waals surface area contributed by atoms with E-state index in [-0.39, 0.29) is 5.69 Å². The molecule has 0 saturated carbocycles. The molecule has 6 nitrogen and oxygen atoms in total. The van der Waals surface area contributed by atoms with E-state index in [0.29, 0.717) is 21.3 Å². The maximum atomic E-state index is 12.3. The highest BCUT2D eigenvalue weighted by Gasteiger charge is 2.21. The number of aromatic nitrogens is 1. The summed E-state index contributed by atoms with van der Waals surface area (Å²) in [6, 6.07) is 15.6. The fourth-order valence-corrected chi connectivity index (χ4v) is 3.21. The Morgan fingerprint density at radius 2 is 1.93 bits per heavy atom. The van der Waals surface area contributed by atoms with Gasteiger partial charge in [-0.25, -0.2) is 9.78 Å². The van der Waals surface area contributed by atoms with E-state index in [9.17, 15) is 9.59 Å². The van der Waals surface area contributed by atoms with Gasteiger partial charge in [-0.1, -0.05) is 35.9 Å². The lowest BCUT2D eigenvalue weighted by atomic mass is 10.2. The number of anilines is 1. The molecule has 0 aliphatic rings. The maximum Gasteiger partial charge on any atom is 0.358 e. The van der Waals surface area contributed by atoms with Crippen LogP contribution in [0.1, 0.15) is 23.0 Å². The summed E-state index contributed by atoms with van der Waals surface area (Å²) in [5.74, 6) is -1.24. The second kappa shape index (κ2) is 8.65. The van der Waals surface area contributed by atoms with Gasteiger partial charge in [-0.3, -0.25) is 4.79 Å². The second-order valence-electron chi connectivity index (χ2n) is 5.74. The largest absolute Gasteiger partial charge is 0.448 e. The molecule has 140 valence electrons. The molecule has 0 radical (unpaired) electrons. The Kier molecular flexibility index (Phi) is 6.04. The molecule has 28 heavy (non-hydrogen) atoms. The first-order valence-electron chi connectivity index (χ1n) is 8.20. The maximum absolute atomic E-state index is 12.3. The molecule has 1 heterocycles. The van der Waals surface area contributed by atoms with Crippen LogP contribution in [0.25, 0.3) is 10.6 Å². The first-order chi connectivity index (χ1) is 13.5. The number of ether oxygens (including phenoxy) is 1. The monoisotopic (exact) mass is 411 g/mol. The summed E-state index contributed by atoms with van der Waals surface area (Å²) in [5, 5.41) is 14.5. The normalized spacial score (nSPS) is 11.3. The van der Waals surface area contributed by atoms with Crippen LogP contribution in [0.3, 0.4) is 0 Å². The SMILES string of the molecule is CC(OC(=O)c1csc(-c2ccc(Cl)cc2)n1)C(=O)Nc1ccccc1C#N. The van der Waals surface area contributed by atoms with Gasteiger partial charge in [0.15, 0.2) is 11.8 Å². The standard InChI is InChI=1S/C20H14ClN3O3S/c1-12(18(25)23-16-5-3-2-4-14(16)10-22)27-20(26)17-11-28-19(24-17)13-6-8-15(21)9-7-13/h2-9,11-12H,1H3,(H,23,25). The topological polar surface area (TPSA) is 92.1 Å². The number of nitrogens with one attached hydrogen (secondary N) is 1. The zero-order chi connectivity index (χ0) is 20.1. The Morgan fingerprint density at radius 1 is 1.21 bits per heavy atom. The number of benzene rings is 2. The summed E-state index contributed by atoms with van der Waals surface area (Å²) < 4.78 is 5.20. The average Bonchev–Trinajstić information content (AvgIpc) is 3.19. The Balaban J connectivity index is 1.65. The highest BCUT2D eigenvalue weighted by Crippen LogP contribution is 2.25. The summed E-state index contributed by atoms with van der Waals surface area (Å²) in [4.78, 5) is 28.8. The van der Waals surface area contributed by atoms with E-state index in [2.05, 4.69) is 10.3 Å². The van der Waals surface area contributed by atoms with Gasteiger partial charge in [0.25, 0.3) is 5.91 Å². The van der Waals surface area contributed by atoms with Crippen molar-refractivity contribution in [2.45, 2.75) is 13.0 Å². The molecule has 3 aromatic rings. The zero-order valence-electron chi connectivity index (χ0n) is 14.7. The van der Waals surface area contributed by atoms with E-state index in [4.69, 9.17) is 21.6 Å². The van der Waals surface area contributed by atoms with Crippen LogP contribution >= 0.6 is 22.9 Å². The Morgan fingerprint density at radius 3 is 2.64 bits per heavy atom. The van der Waals surface area contributed by atoms with Gasteiger partial charge in [-0.05, 0) is 31.2 Å². The van der Waals surface area contributed by atoms with Crippen LogP contribution in [0.5, 0.6) is 0 Å².